The third-order valence-electron chi connectivity index (χ3n) is 7.41. The standard InChI is InChI=1S/C35H38ClN3O4S/c1-4-22-37-35(41)33(23-28-12-7-5-8-13-28)38(24-29-14-9-6-10-15-29)34(40)25-39(32-17-11-16-31(36)27(32)3)44(42,43)30-20-18-26(2)19-21-30/h5-21,33H,4,22-25H2,1-3H3,(H,37,41)/t33-/m0/s1. The molecular weight excluding hydrogens is 594 g/mol. The third kappa shape index (κ3) is 8.07. The molecule has 9 heteroatoms. The quantitative estimate of drug-likeness (QED) is 0.187. The van der Waals surface area contributed by atoms with E-state index in [0.717, 1.165) is 27.4 Å². The summed E-state index contributed by atoms with van der Waals surface area (Å²) in [6, 6.07) is 29.4. The molecule has 0 aliphatic heterocycles. The van der Waals surface area contributed by atoms with Crippen LogP contribution in [0.25, 0.3) is 0 Å². The minimum absolute atomic E-state index is 0.0476. The van der Waals surface area contributed by atoms with Crippen LogP contribution in [-0.4, -0.2) is 44.3 Å². The second kappa shape index (κ2) is 15.0. The van der Waals surface area contributed by atoms with E-state index >= 15 is 0 Å². The van der Waals surface area contributed by atoms with Crippen LogP contribution in [0.2, 0.25) is 5.02 Å². The molecule has 0 saturated carbocycles. The van der Waals surface area contributed by atoms with Crippen LogP contribution in [0.5, 0.6) is 0 Å². The van der Waals surface area contributed by atoms with Crippen LogP contribution in [0.1, 0.15) is 35.6 Å². The summed E-state index contributed by atoms with van der Waals surface area (Å²) in [4.78, 5) is 29.7. The minimum Gasteiger partial charge on any atom is -0.354 e. The lowest BCUT2D eigenvalue weighted by molar-refractivity contribution is -0.140. The van der Waals surface area contributed by atoms with E-state index in [1.165, 1.54) is 17.0 Å². The lowest BCUT2D eigenvalue weighted by atomic mass is 10.0. The number of sulfonamides is 1. The van der Waals surface area contributed by atoms with Gasteiger partial charge in [-0.1, -0.05) is 103 Å². The molecule has 2 amide bonds. The van der Waals surface area contributed by atoms with Crippen molar-refractivity contribution < 1.29 is 18.0 Å². The molecule has 0 aliphatic rings. The van der Waals surface area contributed by atoms with Crippen LogP contribution < -0.4 is 9.62 Å². The van der Waals surface area contributed by atoms with Crippen molar-refractivity contribution in [2.45, 2.75) is 51.1 Å². The fraction of sp³-hybridized carbons (Fsp3) is 0.257. The molecule has 44 heavy (non-hydrogen) atoms. The molecule has 0 spiro atoms. The number of carbonyl (C=O) groups is 2. The van der Waals surface area contributed by atoms with Gasteiger partial charge in [0.1, 0.15) is 12.6 Å². The number of nitrogens with one attached hydrogen (secondary N) is 1. The summed E-state index contributed by atoms with van der Waals surface area (Å²) in [7, 11) is -4.20. The molecule has 4 rings (SSSR count). The molecule has 0 aromatic heterocycles. The second-order valence-electron chi connectivity index (χ2n) is 10.7. The number of rotatable bonds is 13. The fourth-order valence-electron chi connectivity index (χ4n) is 4.92. The fourth-order valence-corrected chi connectivity index (χ4v) is 6.56. The van der Waals surface area contributed by atoms with Crippen molar-refractivity contribution >= 4 is 39.1 Å². The van der Waals surface area contributed by atoms with E-state index in [1.807, 2.05) is 74.5 Å². The molecule has 7 nitrogen and oxygen atoms in total. The van der Waals surface area contributed by atoms with Gasteiger partial charge in [-0.25, -0.2) is 8.42 Å². The van der Waals surface area contributed by atoms with Crippen molar-refractivity contribution in [2.75, 3.05) is 17.4 Å². The number of anilines is 1. The summed E-state index contributed by atoms with van der Waals surface area (Å²) in [5.74, 6) is -0.816. The molecule has 1 N–H and O–H groups in total. The smallest absolute Gasteiger partial charge is 0.264 e. The van der Waals surface area contributed by atoms with Crippen LogP contribution in [-0.2, 0) is 32.6 Å². The van der Waals surface area contributed by atoms with Crippen LogP contribution >= 0.6 is 11.6 Å². The number of nitrogens with zero attached hydrogens (tertiary/aromatic N) is 2. The van der Waals surface area contributed by atoms with Gasteiger partial charge in [0.25, 0.3) is 10.0 Å². The zero-order chi connectivity index (χ0) is 31.7. The zero-order valence-corrected chi connectivity index (χ0v) is 26.8. The van der Waals surface area contributed by atoms with E-state index in [1.54, 1.807) is 37.3 Å². The number of amides is 2. The second-order valence-corrected chi connectivity index (χ2v) is 13.0. The van der Waals surface area contributed by atoms with Crippen molar-refractivity contribution in [1.29, 1.82) is 0 Å². The van der Waals surface area contributed by atoms with Crippen LogP contribution in [0.3, 0.4) is 0 Å². The first kappa shape index (κ1) is 32.8. The van der Waals surface area contributed by atoms with Crippen molar-refractivity contribution in [3.63, 3.8) is 0 Å². The topological polar surface area (TPSA) is 86.8 Å². The first-order valence-electron chi connectivity index (χ1n) is 14.6. The number of halogens is 1. The van der Waals surface area contributed by atoms with Crippen molar-refractivity contribution in [3.8, 4) is 0 Å². The molecule has 230 valence electrons. The lowest BCUT2D eigenvalue weighted by Crippen LogP contribution is -2.53. The molecule has 4 aromatic rings. The number of aryl methyl sites for hydroxylation is 1. The molecule has 1 atom stereocenters. The number of benzene rings is 4. The maximum Gasteiger partial charge on any atom is 0.264 e. The van der Waals surface area contributed by atoms with E-state index in [2.05, 4.69) is 5.32 Å². The predicted octanol–water partition coefficient (Wildman–Crippen LogP) is 6.32. The van der Waals surface area contributed by atoms with E-state index in [-0.39, 0.29) is 23.8 Å². The van der Waals surface area contributed by atoms with E-state index in [4.69, 9.17) is 11.6 Å². The maximum atomic E-state index is 14.5. The number of hydrogen-bond donors (Lipinski definition) is 1. The summed E-state index contributed by atoms with van der Waals surface area (Å²) >= 11 is 6.44. The van der Waals surface area contributed by atoms with Crippen LogP contribution in [0.15, 0.2) is 108 Å². The van der Waals surface area contributed by atoms with Gasteiger partial charge >= 0.3 is 0 Å². The molecule has 0 aliphatic carbocycles. The van der Waals surface area contributed by atoms with Gasteiger partial charge < -0.3 is 10.2 Å². The molecular formula is C35H38ClN3O4S. The highest BCUT2D eigenvalue weighted by Crippen LogP contribution is 2.31. The predicted molar refractivity (Wildman–Crippen MR) is 176 cm³/mol. The highest BCUT2D eigenvalue weighted by atomic mass is 35.5. The normalized spacial score (nSPS) is 11.9. The minimum atomic E-state index is -4.20. The number of carbonyl (C=O) groups excluding carboxylic acids is 2. The van der Waals surface area contributed by atoms with E-state index in [9.17, 15) is 18.0 Å². The Morgan fingerprint density at radius 1 is 0.818 bits per heavy atom. The summed E-state index contributed by atoms with van der Waals surface area (Å²) in [5, 5.41) is 3.33. The Labute approximate surface area is 265 Å². The highest BCUT2D eigenvalue weighted by Gasteiger charge is 2.35. The molecule has 0 unspecified atom stereocenters. The van der Waals surface area contributed by atoms with E-state index < -0.39 is 28.5 Å². The van der Waals surface area contributed by atoms with Gasteiger partial charge in [0, 0.05) is 24.5 Å². The Kier molecular flexibility index (Phi) is 11.2. The highest BCUT2D eigenvalue weighted by molar-refractivity contribution is 7.92. The maximum absolute atomic E-state index is 14.5. The molecule has 4 aromatic carbocycles. The summed E-state index contributed by atoms with van der Waals surface area (Å²) in [6.45, 7) is 5.59. The van der Waals surface area contributed by atoms with Gasteiger partial charge in [-0.2, -0.15) is 0 Å². The molecule has 0 bridgehead atoms. The first-order chi connectivity index (χ1) is 21.1. The summed E-state index contributed by atoms with van der Waals surface area (Å²) in [6.07, 6.45) is 0.989. The molecule has 0 heterocycles. The van der Waals surface area contributed by atoms with Gasteiger partial charge in [0.2, 0.25) is 11.8 Å². The molecule has 0 radical (unpaired) electrons. The first-order valence-corrected chi connectivity index (χ1v) is 16.4. The van der Waals surface area contributed by atoms with Crippen LogP contribution in [0.4, 0.5) is 5.69 Å². The summed E-state index contributed by atoms with van der Waals surface area (Å²) in [5.41, 5.74) is 3.41. The van der Waals surface area contributed by atoms with Gasteiger partial charge in [-0.15, -0.1) is 0 Å². The Bertz CT molecular complexity index is 1660. The van der Waals surface area contributed by atoms with Crippen molar-refractivity contribution in [2.24, 2.45) is 0 Å². The van der Waals surface area contributed by atoms with Gasteiger partial charge in [0.15, 0.2) is 0 Å². The lowest BCUT2D eigenvalue weighted by Gasteiger charge is -2.34. The Morgan fingerprint density at radius 2 is 1.43 bits per heavy atom. The average Bonchev–Trinajstić information content (AvgIpc) is 3.03. The molecule has 0 fully saturated rings. The van der Waals surface area contributed by atoms with Crippen LogP contribution in [0, 0.1) is 13.8 Å². The molecule has 0 saturated heterocycles. The van der Waals surface area contributed by atoms with Gasteiger partial charge in [0.05, 0.1) is 10.6 Å². The van der Waals surface area contributed by atoms with Gasteiger partial charge in [-0.3, -0.25) is 13.9 Å². The monoisotopic (exact) mass is 631 g/mol. The Morgan fingerprint density at radius 3 is 2.05 bits per heavy atom. The third-order valence-corrected chi connectivity index (χ3v) is 9.60. The average molecular weight is 632 g/mol. The SMILES string of the molecule is CCCNC(=O)[C@H](Cc1ccccc1)N(Cc1ccccc1)C(=O)CN(c1cccc(Cl)c1C)S(=O)(=O)c1ccc(C)cc1. The van der Waals surface area contributed by atoms with Crippen molar-refractivity contribution in [3.05, 3.63) is 130 Å². The van der Waals surface area contributed by atoms with Gasteiger partial charge in [-0.05, 0) is 61.2 Å². The van der Waals surface area contributed by atoms with E-state index in [0.29, 0.717) is 22.8 Å². The number of hydrogen-bond acceptors (Lipinski definition) is 4. The largest absolute Gasteiger partial charge is 0.354 e. The Balaban J connectivity index is 1.81. The zero-order valence-electron chi connectivity index (χ0n) is 25.2. The van der Waals surface area contributed by atoms with Crippen molar-refractivity contribution in [1.82, 2.24) is 10.2 Å². The Hall–Kier alpha value is -4.14. The summed E-state index contributed by atoms with van der Waals surface area (Å²) < 4.78 is 29.5.